The fraction of sp³-hybridized carbons (Fsp3) is 0.143. The van der Waals surface area contributed by atoms with Gasteiger partial charge in [-0.3, -0.25) is 0 Å². The molecule has 0 atom stereocenters. The second kappa shape index (κ2) is 5.83. The highest BCUT2D eigenvalue weighted by Gasteiger charge is 2.21. The van der Waals surface area contributed by atoms with Gasteiger partial charge in [0, 0.05) is 23.3 Å². The third kappa shape index (κ3) is 3.42. The first-order valence-corrected chi connectivity index (χ1v) is 7.37. The predicted octanol–water partition coefficient (Wildman–Crippen LogP) is 0.841. The maximum Gasteiger partial charge on any atom is 0.396 e. The Morgan fingerprint density at radius 3 is 2.25 bits per heavy atom. The van der Waals surface area contributed by atoms with E-state index >= 15 is 0 Å². The molecule has 1 aromatic carbocycles. The lowest BCUT2D eigenvalue weighted by molar-refractivity contribution is -0.856. The van der Waals surface area contributed by atoms with E-state index in [0.717, 1.165) is 22.1 Å². The van der Waals surface area contributed by atoms with Crippen molar-refractivity contribution in [3.63, 3.8) is 0 Å². The fourth-order valence-corrected chi connectivity index (χ4v) is 2.47. The topological polar surface area (TPSA) is 64.3 Å². The van der Waals surface area contributed by atoms with Crippen LogP contribution in [0.15, 0.2) is 53.7 Å². The van der Waals surface area contributed by atoms with Crippen molar-refractivity contribution in [1.29, 1.82) is 0 Å². The summed E-state index contributed by atoms with van der Waals surface area (Å²) in [5.41, 5.74) is 1.75. The number of benzene rings is 1. The lowest BCUT2D eigenvalue weighted by atomic mass is 10.2. The summed E-state index contributed by atoms with van der Waals surface area (Å²) in [5, 5.41) is 0. The van der Waals surface area contributed by atoms with Gasteiger partial charge in [-0.2, -0.15) is 8.42 Å². The Balaban J connectivity index is 2.19. The Labute approximate surface area is 117 Å². The summed E-state index contributed by atoms with van der Waals surface area (Å²) >= 11 is 0. The van der Waals surface area contributed by atoms with E-state index in [4.69, 9.17) is 4.28 Å². The van der Waals surface area contributed by atoms with Crippen LogP contribution in [-0.4, -0.2) is 14.7 Å². The summed E-state index contributed by atoms with van der Waals surface area (Å²) in [6.45, 7) is 1.87. The zero-order valence-electron chi connectivity index (χ0n) is 10.9. The summed E-state index contributed by atoms with van der Waals surface area (Å²) in [5.74, 6) is 0. The summed E-state index contributed by atoms with van der Waals surface area (Å²) in [4.78, 5) is 10.5. The van der Waals surface area contributed by atoms with Crippen LogP contribution in [0.2, 0.25) is 0 Å². The van der Waals surface area contributed by atoms with Crippen LogP contribution in [0.1, 0.15) is 11.1 Å². The minimum atomic E-state index is -3.86. The summed E-state index contributed by atoms with van der Waals surface area (Å²) in [6, 6.07) is 9.64. The van der Waals surface area contributed by atoms with Gasteiger partial charge in [-0.05, 0) is 24.6 Å². The van der Waals surface area contributed by atoms with Crippen molar-refractivity contribution in [1.82, 2.24) is 0 Å². The van der Waals surface area contributed by atoms with Crippen LogP contribution in [-0.2, 0) is 21.3 Å². The molecule has 0 saturated carbocycles. The Hall–Kier alpha value is -2.21. The Morgan fingerprint density at radius 2 is 1.70 bits per heavy atom. The van der Waals surface area contributed by atoms with Gasteiger partial charge >= 0.3 is 10.1 Å². The van der Waals surface area contributed by atoms with Gasteiger partial charge in [-0.1, -0.05) is 17.7 Å². The van der Waals surface area contributed by atoms with Gasteiger partial charge in [-0.25, -0.2) is 0 Å². The molecule has 0 N–H and O–H groups in total. The normalized spacial score (nSPS) is 11.1. The molecule has 104 valence electrons. The first kappa shape index (κ1) is 14.2. The first-order valence-electron chi connectivity index (χ1n) is 5.97. The number of rotatable bonds is 5. The molecule has 0 aliphatic heterocycles. The molecule has 0 aliphatic carbocycles. The number of nitrogens with zero attached hydrogens (tertiary/aromatic N) is 1. The van der Waals surface area contributed by atoms with Gasteiger partial charge in [0.2, 0.25) is 12.4 Å². The van der Waals surface area contributed by atoms with E-state index < -0.39 is 10.1 Å². The van der Waals surface area contributed by atoms with Crippen LogP contribution in [0, 0.1) is 6.92 Å². The van der Waals surface area contributed by atoms with Gasteiger partial charge in [0.05, 0.1) is 0 Å². The standard InChI is InChI=1S/C14H14NO4S/c1-12-2-4-14(5-3-12)20(17,18)19-15-9-6-13(7-10-15)8-11-16/h2-7,9-11H,8H2,1H3/q+1. The predicted molar refractivity (Wildman–Crippen MR) is 71.3 cm³/mol. The molecule has 2 aromatic rings. The van der Waals surface area contributed by atoms with Crippen LogP contribution in [0.3, 0.4) is 0 Å². The van der Waals surface area contributed by atoms with E-state index in [-0.39, 0.29) is 11.3 Å². The minimum absolute atomic E-state index is 0.0903. The molecule has 2 rings (SSSR count). The maximum atomic E-state index is 12.0. The van der Waals surface area contributed by atoms with Crippen molar-refractivity contribution in [2.24, 2.45) is 0 Å². The zero-order chi connectivity index (χ0) is 14.6. The van der Waals surface area contributed by atoms with Crippen LogP contribution in [0.25, 0.3) is 0 Å². The number of aryl methyl sites for hydroxylation is 1. The van der Waals surface area contributed by atoms with Crippen LogP contribution in [0.5, 0.6) is 0 Å². The maximum absolute atomic E-state index is 12.0. The molecule has 0 amide bonds. The third-order valence-corrected chi connectivity index (χ3v) is 3.90. The molecule has 0 radical (unpaired) electrons. The van der Waals surface area contributed by atoms with Crippen molar-refractivity contribution in [3.8, 4) is 0 Å². The molecule has 6 heteroatoms. The highest BCUT2D eigenvalue weighted by molar-refractivity contribution is 7.86. The van der Waals surface area contributed by atoms with E-state index in [1.807, 2.05) is 6.92 Å². The van der Waals surface area contributed by atoms with Crippen LogP contribution >= 0.6 is 0 Å². The molecule has 1 aromatic heterocycles. The quantitative estimate of drug-likeness (QED) is 0.605. The molecule has 0 aliphatic rings. The third-order valence-electron chi connectivity index (χ3n) is 2.68. The second-order valence-corrected chi connectivity index (χ2v) is 5.81. The van der Waals surface area contributed by atoms with Gasteiger partial charge in [-0.15, -0.1) is 4.28 Å². The van der Waals surface area contributed by atoms with E-state index in [1.165, 1.54) is 24.5 Å². The molecule has 1 heterocycles. The minimum Gasteiger partial charge on any atom is -0.303 e. The largest absolute Gasteiger partial charge is 0.396 e. The van der Waals surface area contributed by atoms with Crippen molar-refractivity contribution in [2.45, 2.75) is 18.2 Å². The summed E-state index contributed by atoms with van der Waals surface area (Å²) in [6.07, 6.45) is 3.96. The molecule has 0 spiro atoms. The lowest BCUT2D eigenvalue weighted by Gasteiger charge is -2.01. The van der Waals surface area contributed by atoms with Gasteiger partial charge in [0.25, 0.3) is 0 Å². The number of aromatic nitrogens is 1. The summed E-state index contributed by atoms with van der Waals surface area (Å²) in [7, 11) is -3.86. The Bertz CT molecular complexity index is 691. The Kier molecular flexibility index (Phi) is 4.14. The number of carbonyl (C=O) groups is 1. The van der Waals surface area contributed by atoms with Gasteiger partial charge < -0.3 is 4.79 Å². The average Bonchev–Trinajstić information content (AvgIpc) is 2.41. The molecule has 0 bridgehead atoms. The van der Waals surface area contributed by atoms with E-state index in [2.05, 4.69) is 0 Å². The van der Waals surface area contributed by atoms with Gasteiger partial charge in [0.15, 0.2) is 0 Å². The van der Waals surface area contributed by atoms with E-state index in [1.54, 1.807) is 24.3 Å². The highest BCUT2D eigenvalue weighted by Crippen LogP contribution is 2.10. The molecule has 0 unspecified atom stereocenters. The number of pyridine rings is 1. The molecule has 0 saturated heterocycles. The van der Waals surface area contributed by atoms with Crippen LogP contribution in [0.4, 0.5) is 0 Å². The van der Waals surface area contributed by atoms with E-state index in [0.29, 0.717) is 0 Å². The first-order chi connectivity index (χ1) is 9.51. The molecule has 20 heavy (non-hydrogen) atoms. The van der Waals surface area contributed by atoms with Gasteiger partial charge in [0.1, 0.15) is 11.2 Å². The number of hydrogen-bond donors (Lipinski definition) is 0. The fourth-order valence-electron chi connectivity index (χ4n) is 1.59. The molecule has 5 nitrogen and oxygen atoms in total. The van der Waals surface area contributed by atoms with Crippen molar-refractivity contribution in [3.05, 3.63) is 59.9 Å². The molecular formula is C14H14NO4S+. The highest BCUT2D eigenvalue weighted by atomic mass is 32.2. The average molecular weight is 292 g/mol. The number of aldehydes is 1. The number of carbonyl (C=O) groups excluding carboxylic acids is 1. The SMILES string of the molecule is Cc1ccc(S(=O)(=O)O[n+]2ccc(CC=O)cc2)cc1. The number of hydrogen-bond acceptors (Lipinski definition) is 4. The molecule has 0 fully saturated rings. The Morgan fingerprint density at radius 1 is 1.10 bits per heavy atom. The van der Waals surface area contributed by atoms with Crippen molar-refractivity contribution >= 4 is 16.4 Å². The smallest absolute Gasteiger partial charge is 0.303 e. The lowest BCUT2D eigenvalue weighted by Crippen LogP contribution is -2.45. The molecular weight excluding hydrogens is 278 g/mol. The van der Waals surface area contributed by atoms with Crippen molar-refractivity contribution < 1.29 is 22.2 Å². The summed E-state index contributed by atoms with van der Waals surface area (Å²) < 4.78 is 30.1. The zero-order valence-corrected chi connectivity index (χ0v) is 11.7. The van der Waals surface area contributed by atoms with Crippen LogP contribution < -0.4 is 9.01 Å². The monoisotopic (exact) mass is 292 g/mol. The van der Waals surface area contributed by atoms with Crippen molar-refractivity contribution in [2.75, 3.05) is 0 Å². The van der Waals surface area contributed by atoms with E-state index in [9.17, 15) is 13.2 Å². The second-order valence-electron chi connectivity index (χ2n) is 4.28.